The molecule has 0 heterocycles. The highest BCUT2D eigenvalue weighted by molar-refractivity contribution is 7.92. The van der Waals surface area contributed by atoms with E-state index >= 15 is 0 Å². The van der Waals surface area contributed by atoms with Crippen LogP contribution in [0.5, 0.6) is 0 Å². The summed E-state index contributed by atoms with van der Waals surface area (Å²) in [4.78, 5) is 28.4. The number of sulfonamides is 1. The molecule has 0 fully saturated rings. The highest BCUT2D eigenvalue weighted by Crippen LogP contribution is 2.24. The molecule has 0 aliphatic rings. The molecule has 2 amide bonds. The van der Waals surface area contributed by atoms with Crippen molar-refractivity contribution in [1.82, 2.24) is 10.2 Å². The molecule has 0 radical (unpaired) electrons. The zero-order chi connectivity index (χ0) is 27.7. The van der Waals surface area contributed by atoms with Crippen LogP contribution in [0.25, 0.3) is 0 Å². The summed E-state index contributed by atoms with van der Waals surface area (Å²) in [6.45, 7) is 7.28. The van der Waals surface area contributed by atoms with Gasteiger partial charge in [0.1, 0.15) is 12.6 Å². The maximum atomic E-state index is 13.8. The minimum Gasteiger partial charge on any atom is -0.352 e. The first kappa shape index (κ1) is 28.9. The summed E-state index contributed by atoms with van der Waals surface area (Å²) in [5.41, 5.74) is 2.33. The van der Waals surface area contributed by atoms with E-state index in [4.69, 9.17) is 0 Å². The van der Waals surface area contributed by atoms with Gasteiger partial charge in [-0.05, 0) is 63.4 Å². The summed E-state index contributed by atoms with van der Waals surface area (Å²) in [7, 11) is -4.05. The number of rotatable bonds is 12. The van der Waals surface area contributed by atoms with Crippen LogP contribution in [0.3, 0.4) is 0 Å². The fraction of sp³-hybridized carbons (Fsp3) is 0.333. The molecule has 2 atom stereocenters. The molecular formula is C30H37N3O4S. The van der Waals surface area contributed by atoms with Crippen molar-refractivity contribution in [2.45, 2.75) is 57.5 Å². The molecule has 0 aliphatic heterocycles. The summed E-state index contributed by atoms with van der Waals surface area (Å²) in [6.07, 6.45) is 1.29. The second-order valence-electron chi connectivity index (χ2n) is 9.48. The number of aryl methyl sites for hydroxylation is 1. The molecule has 3 rings (SSSR count). The molecule has 0 bridgehead atoms. The Kier molecular flexibility index (Phi) is 10.1. The van der Waals surface area contributed by atoms with Gasteiger partial charge in [0, 0.05) is 12.6 Å². The van der Waals surface area contributed by atoms with Gasteiger partial charge < -0.3 is 10.2 Å². The van der Waals surface area contributed by atoms with Crippen LogP contribution in [0.2, 0.25) is 0 Å². The first-order valence-corrected chi connectivity index (χ1v) is 14.4. The number of carbonyl (C=O) groups is 2. The number of hydrogen-bond acceptors (Lipinski definition) is 4. The lowest BCUT2D eigenvalue weighted by Crippen LogP contribution is -2.53. The van der Waals surface area contributed by atoms with E-state index in [2.05, 4.69) is 5.32 Å². The molecule has 202 valence electrons. The minimum absolute atomic E-state index is 0.0428. The molecule has 3 aromatic carbocycles. The normalized spacial score (nSPS) is 12.8. The monoisotopic (exact) mass is 535 g/mol. The van der Waals surface area contributed by atoms with Crippen molar-refractivity contribution in [2.24, 2.45) is 0 Å². The van der Waals surface area contributed by atoms with Crippen LogP contribution in [0.15, 0.2) is 89.8 Å². The number of anilines is 1. The largest absolute Gasteiger partial charge is 0.352 e. The van der Waals surface area contributed by atoms with Gasteiger partial charge in [-0.3, -0.25) is 13.9 Å². The first-order valence-electron chi connectivity index (χ1n) is 12.9. The van der Waals surface area contributed by atoms with Crippen molar-refractivity contribution >= 4 is 27.5 Å². The molecule has 1 N–H and O–H groups in total. The molecule has 0 saturated heterocycles. The number of para-hydroxylation sites is 1. The summed E-state index contributed by atoms with van der Waals surface area (Å²) >= 11 is 0. The van der Waals surface area contributed by atoms with E-state index < -0.39 is 28.5 Å². The van der Waals surface area contributed by atoms with Gasteiger partial charge in [-0.2, -0.15) is 0 Å². The van der Waals surface area contributed by atoms with Gasteiger partial charge in [-0.25, -0.2) is 8.42 Å². The number of carbonyl (C=O) groups excluding carboxylic acids is 2. The highest BCUT2D eigenvalue weighted by Gasteiger charge is 2.32. The lowest BCUT2D eigenvalue weighted by atomic mass is 10.1. The third-order valence-electron chi connectivity index (χ3n) is 6.58. The number of amides is 2. The molecule has 38 heavy (non-hydrogen) atoms. The van der Waals surface area contributed by atoms with Gasteiger partial charge in [0.25, 0.3) is 10.0 Å². The van der Waals surface area contributed by atoms with E-state index in [0.717, 1.165) is 21.9 Å². The zero-order valence-corrected chi connectivity index (χ0v) is 23.3. The van der Waals surface area contributed by atoms with E-state index in [-0.39, 0.29) is 23.4 Å². The number of nitrogens with zero attached hydrogens (tertiary/aromatic N) is 2. The lowest BCUT2D eigenvalue weighted by molar-refractivity contribution is -0.139. The second kappa shape index (κ2) is 13.2. The quantitative estimate of drug-likeness (QED) is 0.368. The smallest absolute Gasteiger partial charge is 0.264 e. The topological polar surface area (TPSA) is 86.8 Å². The van der Waals surface area contributed by atoms with E-state index in [1.54, 1.807) is 61.5 Å². The van der Waals surface area contributed by atoms with Crippen LogP contribution < -0.4 is 9.62 Å². The average Bonchev–Trinajstić information content (AvgIpc) is 2.92. The second-order valence-corrected chi connectivity index (χ2v) is 11.3. The minimum atomic E-state index is -4.05. The van der Waals surface area contributed by atoms with Gasteiger partial charge in [0.15, 0.2) is 0 Å². The summed E-state index contributed by atoms with van der Waals surface area (Å²) in [5, 5.41) is 2.94. The molecule has 0 spiro atoms. The number of hydrogen-bond donors (Lipinski definition) is 1. The number of benzene rings is 3. The Labute approximate surface area is 226 Å². The Morgan fingerprint density at radius 2 is 1.45 bits per heavy atom. The van der Waals surface area contributed by atoms with Crippen LogP contribution in [0.4, 0.5) is 5.69 Å². The van der Waals surface area contributed by atoms with Gasteiger partial charge in [0.05, 0.1) is 10.6 Å². The third kappa shape index (κ3) is 7.44. The van der Waals surface area contributed by atoms with Crippen LogP contribution in [-0.2, 0) is 26.0 Å². The summed E-state index contributed by atoms with van der Waals surface area (Å²) < 4.78 is 28.6. The van der Waals surface area contributed by atoms with E-state index in [1.165, 1.54) is 4.90 Å². The standard InChI is InChI=1S/C30H37N3O4S/c1-5-24(3)31-30(35)25(4)32(21-20-26-12-8-6-9-13-26)29(34)22-33(27-14-10-7-11-15-27)38(36,37)28-18-16-23(2)17-19-28/h6-19,24-25H,5,20-22H2,1-4H3,(H,31,35)/t24-,25+/m1/s1. The average molecular weight is 536 g/mol. The summed E-state index contributed by atoms with van der Waals surface area (Å²) in [6, 6.07) is 24.0. The zero-order valence-electron chi connectivity index (χ0n) is 22.5. The molecule has 0 unspecified atom stereocenters. The van der Waals surface area contributed by atoms with E-state index in [9.17, 15) is 18.0 Å². The Hall–Kier alpha value is -3.65. The number of nitrogens with one attached hydrogen (secondary N) is 1. The molecule has 0 aliphatic carbocycles. The van der Waals surface area contributed by atoms with Gasteiger partial charge in [-0.15, -0.1) is 0 Å². The lowest BCUT2D eigenvalue weighted by Gasteiger charge is -2.32. The Balaban J connectivity index is 1.94. The predicted molar refractivity (Wildman–Crippen MR) is 151 cm³/mol. The van der Waals surface area contributed by atoms with Crippen LogP contribution in [-0.4, -0.2) is 50.3 Å². The molecular weight excluding hydrogens is 498 g/mol. The van der Waals surface area contributed by atoms with E-state index in [1.807, 2.05) is 51.1 Å². The molecule has 8 heteroatoms. The highest BCUT2D eigenvalue weighted by atomic mass is 32.2. The van der Waals surface area contributed by atoms with E-state index in [0.29, 0.717) is 12.1 Å². The van der Waals surface area contributed by atoms with Crippen molar-refractivity contribution in [3.05, 3.63) is 96.1 Å². The van der Waals surface area contributed by atoms with Crippen LogP contribution in [0.1, 0.15) is 38.3 Å². The predicted octanol–water partition coefficient (Wildman–Crippen LogP) is 4.56. The molecule has 0 saturated carbocycles. The van der Waals surface area contributed by atoms with Crippen LogP contribution in [0, 0.1) is 6.92 Å². The fourth-order valence-corrected chi connectivity index (χ4v) is 5.41. The van der Waals surface area contributed by atoms with Crippen molar-refractivity contribution in [3.8, 4) is 0 Å². The Morgan fingerprint density at radius 3 is 2.03 bits per heavy atom. The first-order chi connectivity index (χ1) is 18.1. The Bertz CT molecular complexity index is 1300. The van der Waals surface area contributed by atoms with Gasteiger partial charge in [0.2, 0.25) is 11.8 Å². The fourth-order valence-electron chi connectivity index (χ4n) is 4.00. The maximum absolute atomic E-state index is 13.8. The van der Waals surface area contributed by atoms with Crippen molar-refractivity contribution < 1.29 is 18.0 Å². The Morgan fingerprint density at radius 1 is 0.868 bits per heavy atom. The summed E-state index contributed by atoms with van der Waals surface area (Å²) in [5.74, 6) is -0.722. The van der Waals surface area contributed by atoms with Gasteiger partial charge >= 0.3 is 0 Å². The molecule has 7 nitrogen and oxygen atoms in total. The van der Waals surface area contributed by atoms with Crippen molar-refractivity contribution in [3.63, 3.8) is 0 Å². The van der Waals surface area contributed by atoms with Crippen molar-refractivity contribution in [1.29, 1.82) is 0 Å². The van der Waals surface area contributed by atoms with Gasteiger partial charge in [-0.1, -0.05) is 73.2 Å². The van der Waals surface area contributed by atoms with Crippen LogP contribution >= 0.6 is 0 Å². The molecule has 0 aromatic heterocycles. The third-order valence-corrected chi connectivity index (χ3v) is 8.37. The molecule has 3 aromatic rings. The van der Waals surface area contributed by atoms with Crippen molar-refractivity contribution in [2.75, 3.05) is 17.4 Å². The SMILES string of the molecule is CC[C@@H](C)NC(=O)[C@H](C)N(CCc1ccccc1)C(=O)CN(c1ccccc1)S(=O)(=O)c1ccc(C)cc1. The maximum Gasteiger partial charge on any atom is 0.264 e.